The van der Waals surface area contributed by atoms with Crippen molar-refractivity contribution in [2.45, 2.75) is 105 Å². The molecular formula is C27H41NO8. The van der Waals surface area contributed by atoms with Gasteiger partial charge in [-0.15, -0.1) is 0 Å². The molecule has 0 aliphatic rings. The maximum Gasteiger partial charge on any atom is 0.323 e. The maximum atomic E-state index is 12.6. The number of nitrogens with two attached hydrogens (primary N) is 1. The molecule has 9 nitrogen and oxygen atoms in total. The lowest BCUT2D eigenvalue weighted by atomic mass is 10.1. The summed E-state index contributed by atoms with van der Waals surface area (Å²) in [6.07, 6.45) is 1.46. The molecule has 0 saturated heterocycles. The molecule has 0 heterocycles. The summed E-state index contributed by atoms with van der Waals surface area (Å²) < 4.78 is 21.5. The fourth-order valence-electron chi connectivity index (χ4n) is 3.07. The lowest BCUT2D eigenvalue weighted by Gasteiger charge is -2.22. The highest BCUT2D eigenvalue weighted by Gasteiger charge is 2.25. The summed E-state index contributed by atoms with van der Waals surface area (Å²) in [5, 5.41) is 0. The summed E-state index contributed by atoms with van der Waals surface area (Å²) >= 11 is 0. The molecule has 0 fully saturated rings. The average molecular weight is 508 g/mol. The number of hydrogen-bond donors (Lipinski definition) is 1. The van der Waals surface area contributed by atoms with Crippen molar-refractivity contribution in [2.75, 3.05) is 0 Å². The lowest BCUT2D eigenvalue weighted by Crippen LogP contribution is -2.39. The van der Waals surface area contributed by atoms with E-state index in [0.717, 1.165) is 6.42 Å². The van der Waals surface area contributed by atoms with Crippen LogP contribution in [0.2, 0.25) is 0 Å². The van der Waals surface area contributed by atoms with E-state index in [0.29, 0.717) is 30.7 Å². The molecule has 1 aromatic carbocycles. The first kappa shape index (κ1) is 31.1. The van der Waals surface area contributed by atoms with Crippen molar-refractivity contribution in [3.63, 3.8) is 0 Å². The minimum atomic E-state index is -1.01. The Hall–Kier alpha value is -2.94. The van der Waals surface area contributed by atoms with Crippen molar-refractivity contribution in [1.29, 1.82) is 0 Å². The Morgan fingerprint density at radius 2 is 1.33 bits per heavy atom. The van der Waals surface area contributed by atoms with Crippen molar-refractivity contribution < 1.29 is 38.1 Å². The third-order valence-electron chi connectivity index (χ3n) is 5.33. The van der Waals surface area contributed by atoms with Crippen molar-refractivity contribution in [1.82, 2.24) is 0 Å². The molecule has 2 N–H and O–H groups in total. The fraction of sp³-hybridized carbons (Fsp3) is 0.630. The van der Waals surface area contributed by atoms with Gasteiger partial charge in [0.25, 0.3) is 0 Å². The Bertz CT molecular complexity index is 883. The fourth-order valence-corrected chi connectivity index (χ4v) is 3.07. The van der Waals surface area contributed by atoms with Gasteiger partial charge in [0.1, 0.15) is 18.2 Å². The zero-order valence-corrected chi connectivity index (χ0v) is 22.3. The predicted octanol–water partition coefficient (Wildman–Crippen LogP) is 4.27. The Morgan fingerprint density at radius 1 is 0.778 bits per heavy atom. The smallest absolute Gasteiger partial charge is 0.323 e. The maximum absolute atomic E-state index is 12.6. The minimum Gasteiger partial charge on any atom is -0.459 e. The number of hydrogen-bond acceptors (Lipinski definition) is 9. The number of carbonyl (C=O) groups excluding carboxylic acids is 4. The number of ether oxygens (including phenoxy) is 4. The zero-order valence-electron chi connectivity index (χ0n) is 22.3. The molecule has 9 heteroatoms. The van der Waals surface area contributed by atoms with Crippen LogP contribution in [-0.4, -0.2) is 42.1 Å². The summed E-state index contributed by atoms with van der Waals surface area (Å²) in [5.74, 6) is -1.30. The van der Waals surface area contributed by atoms with Gasteiger partial charge >= 0.3 is 23.9 Å². The van der Waals surface area contributed by atoms with Gasteiger partial charge in [0.05, 0.1) is 0 Å². The van der Waals surface area contributed by atoms with E-state index in [-0.39, 0.29) is 36.7 Å². The first-order chi connectivity index (χ1) is 17.0. The molecule has 0 amide bonds. The molecule has 0 bridgehead atoms. The standard InChI is InChI=1S/C27H41NO8/c1-7-9-24(29)35-22-13-12-20(16-23(22)36-25(30)10-8-2)15-21(28)27(32)34-19(6)18(5)33-26(31)14-11-17(3)4/h12-13,16-19,21H,7-11,14-15,28H2,1-6H3/t18-,19-,21-/m0/s1. The molecular weight excluding hydrogens is 466 g/mol. The average Bonchev–Trinajstić information content (AvgIpc) is 2.79. The molecule has 0 aliphatic carbocycles. The summed E-state index contributed by atoms with van der Waals surface area (Å²) in [4.78, 5) is 48.5. The van der Waals surface area contributed by atoms with Gasteiger partial charge in [0.2, 0.25) is 0 Å². The monoisotopic (exact) mass is 507 g/mol. The molecule has 0 radical (unpaired) electrons. The molecule has 0 saturated carbocycles. The zero-order chi connectivity index (χ0) is 27.3. The van der Waals surface area contributed by atoms with Crippen LogP contribution in [-0.2, 0) is 35.1 Å². The van der Waals surface area contributed by atoms with Crippen molar-refractivity contribution in [3.05, 3.63) is 23.8 Å². The van der Waals surface area contributed by atoms with Gasteiger partial charge in [0, 0.05) is 19.3 Å². The highest BCUT2D eigenvalue weighted by atomic mass is 16.6. The van der Waals surface area contributed by atoms with Crippen LogP contribution in [0.4, 0.5) is 0 Å². The third kappa shape index (κ3) is 11.7. The molecule has 0 spiro atoms. The summed E-state index contributed by atoms with van der Waals surface area (Å²) in [7, 11) is 0. The minimum absolute atomic E-state index is 0.0891. The quantitative estimate of drug-likeness (QED) is 0.273. The number of esters is 4. The van der Waals surface area contributed by atoms with E-state index in [1.54, 1.807) is 19.9 Å². The van der Waals surface area contributed by atoms with Gasteiger partial charge in [-0.05, 0) is 63.1 Å². The van der Waals surface area contributed by atoms with Crippen LogP contribution in [0.25, 0.3) is 0 Å². The Balaban J connectivity index is 2.81. The van der Waals surface area contributed by atoms with Gasteiger partial charge in [-0.3, -0.25) is 19.2 Å². The van der Waals surface area contributed by atoms with Gasteiger partial charge in [0.15, 0.2) is 11.5 Å². The predicted molar refractivity (Wildman–Crippen MR) is 134 cm³/mol. The van der Waals surface area contributed by atoms with Crippen molar-refractivity contribution in [2.24, 2.45) is 11.7 Å². The van der Waals surface area contributed by atoms with Gasteiger partial charge in [-0.25, -0.2) is 0 Å². The Kier molecular flexibility index (Phi) is 13.8. The molecule has 0 unspecified atom stereocenters. The number of rotatable bonds is 15. The van der Waals surface area contributed by atoms with Crippen molar-refractivity contribution in [3.8, 4) is 11.5 Å². The van der Waals surface area contributed by atoms with Crippen LogP contribution in [0.15, 0.2) is 18.2 Å². The largest absolute Gasteiger partial charge is 0.459 e. The van der Waals surface area contributed by atoms with Crippen LogP contribution < -0.4 is 15.2 Å². The van der Waals surface area contributed by atoms with E-state index in [1.807, 2.05) is 27.7 Å². The van der Waals surface area contributed by atoms with Gasteiger partial charge in [-0.2, -0.15) is 0 Å². The van der Waals surface area contributed by atoms with Crippen LogP contribution in [0.3, 0.4) is 0 Å². The highest BCUT2D eigenvalue weighted by Crippen LogP contribution is 2.30. The van der Waals surface area contributed by atoms with Crippen LogP contribution in [0.5, 0.6) is 11.5 Å². The van der Waals surface area contributed by atoms with Crippen LogP contribution in [0.1, 0.15) is 85.6 Å². The topological polar surface area (TPSA) is 131 Å². The second kappa shape index (κ2) is 15.9. The SMILES string of the molecule is CCCC(=O)Oc1ccc(C[C@H](N)C(=O)O[C@@H](C)[C@H](C)OC(=O)CCC(C)C)cc1OC(=O)CCC. The molecule has 1 aromatic rings. The molecule has 0 aromatic heterocycles. The second-order valence-corrected chi connectivity index (χ2v) is 9.31. The molecule has 202 valence electrons. The summed E-state index contributed by atoms with van der Waals surface area (Å²) in [5.41, 5.74) is 6.65. The molecule has 36 heavy (non-hydrogen) atoms. The first-order valence-corrected chi connectivity index (χ1v) is 12.7. The Morgan fingerprint density at radius 3 is 1.89 bits per heavy atom. The third-order valence-corrected chi connectivity index (χ3v) is 5.33. The number of carbonyl (C=O) groups is 4. The lowest BCUT2D eigenvalue weighted by molar-refractivity contribution is -0.166. The van der Waals surface area contributed by atoms with Gasteiger partial charge < -0.3 is 24.7 Å². The van der Waals surface area contributed by atoms with E-state index >= 15 is 0 Å². The molecule has 1 rings (SSSR count). The van der Waals surface area contributed by atoms with Crippen LogP contribution >= 0.6 is 0 Å². The normalized spacial score (nSPS) is 13.4. The van der Waals surface area contributed by atoms with E-state index in [1.165, 1.54) is 12.1 Å². The molecule has 3 atom stereocenters. The number of benzene rings is 1. The molecule has 0 aliphatic heterocycles. The first-order valence-electron chi connectivity index (χ1n) is 12.7. The Labute approximate surface area is 214 Å². The van der Waals surface area contributed by atoms with E-state index in [4.69, 9.17) is 24.7 Å². The second-order valence-electron chi connectivity index (χ2n) is 9.31. The summed E-state index contributed by atoms with van der Waals surface area (Å²) in [6.45, 7) is 11.0. The van der Waals surface area contributed by atoms with Gasteiger partial charge in [-0.1, -0.05) is 33.8 Å². The van der Waals surface area contributed by atoms with Crippen molar-refractivity contribution >= 4 is 23.9 Å². The van der Waals surface area contributed by atoms with E-state index in [2.05, 4.69) is 0 Å². The van der Waals surface area contributed by atoms with Crippen LogP contribution in [0, 0.1) is 5.92 Å². The highest BCUT2D eigenvalue weighted by molar-refractivity contribution is 5.77. The summed E-state index contributed by atoms with van der Waals surface area (Å²) in [6, 6.07) is 3.67. The van der Waals surface area contributed by atoms with E-state index in [9.17, 15) is 19.2 Å². The van der Waals surface area contributed by atoms with E-state index < -0.39 is 36.2 Å².